The van der Waals surface area contributed by atoms with Crippen molar-refractivity contribution in [1.29, 1.82) is 0 Å². The Balaban J connectivity index is 2.00. The number of hydrogen-bond donors (Lipinski definition) is 1. The van der Waals surface area contributed by atoms with Gasteiger partial charge in [0.1, 0.15) is 11.5 Å². The maximum absolute atomic E-state index is 6.24. The van der Waals surface area contributed by atoms with Gasteiger partial charge in [0.25, 0.3) is 0 Å². The molecule has 2 aromatic rings. The van der Waals surface area contributed by atoms with Crippen molar-refractivity contribution < 1.29 is 4.74 Å². The van der Waals surface area contributed by atoms with E-state index in [1.165, 1.54) is 19.3 Å². The Kier molecular flexibility index (Phi) is 5.63. The van der Waals surface area contributed by atoms with Crippen LogP contribution in [-0.4, -0.2) is 0 Å². The molecule has 1 atom stereocenters. The molecule has 106 valence electrons. The van der Waals surface area contributed by atoms with Crippen molar-refractivity contribution in [3.05, 3.63) is 60.2 Å². The van der Waals surface area contributed by atoms with Gasteiger partial charge in [-0.25, -0.2) is 0 Å². The molecule has 0 spiro atoms. The van der Waals surface area contributed by atoms with Crippen LogP contribution in [0.5, 0.6) is 11.5 Å². The molecule has 0 heterocycles. The first kappa shape index (κ1) is 14.6. The molecular weight excluding hydrogens is 246 g/mol. The fourth-order valence-corrected chi connectivity index (χ4v) is 2.21. The Labute approximate surface area is 121 Å². The van der Waals surface area contributed by atoms with E-state index in [-0.39, 0.29) is 6.04 Å². The SMILES string of the molecule is CCCCC[C@@H](N)c1cccc(Oc2ccccc2)c1. The average molecular weight is 269 g/mol. The number of nitrogens with two attached hydrogens (primary N) is 1. The lowest BCUT2D eigenvalue weighted by Gasteiger charge is -2.13. The van der Waals surface area contributed by atoms with E-state index < -0.39 is 0 Å². The van der Waals surface area contributed by atoms with E-state index in [0.29, 0.717) is 0 Å². The molecule has 2 aromatic carbocycles. The van der Waals surface area contributed by atoms with E-state index in [1.54, 1.807) is 0 Å². The van der Waals surface area contributed by atoms with Crippen LogP contribution < -0.4 is 10.5 Å². The second kappa shape index (κ2) is 7.71. The van der Waals surface area contributed by atoms with Crippen molar-refractivity contribution in [1.82, 2.24) is 0 Å². The molecule has 2 heteroatoms. The van der Waals surface area contributed by atoms with Crippen LogP contribution in [0.3, 0.4) is 0 Å². The van der Waals surface area contributed by atoms with Gasteiger partial charge in [-0.05, 0) is 36.2 Å². The average Bonchev–Trinajstić information content (AvgIpc) is 2.49. The standard InChI is InChI=1S/C18H23NO/c1-2-3-5-13-18(19)15-9-8-12-17(14-15)20-16-10-6-4-7-11-16/h4,6-12,14,18H,2-3,5,13,19H2,1H3/t18-/m1/s1. The van der Waals surface area contributed by atoms with Crippen LogP contribution in [0.2, 0.25) is 0 Å². The molecule has 2 nitrogen and oxygen atoms in total. The zero-order valence-electron chi connectivity index (χ0n) is 12.1. The molecule has 0 unspecified atom stereocenters. The highest BCUT2D eigenvalue weighted by Gasteiger charge is 2.07. The quantitative estimate of drug-likeness (QED) is 0.713. The largest absolute Gasteiger partial charge is 0.457 e. The molecule has 0 radical (unpaired) electrons. The lowest BCUT2D eigenvalue weighted by atomic mass is 10.0. The third kappa shape index (κ3) is 4.39. The van der Waals surface area contributed by atoms with E-state index >= 15 is 0 Å². The molecule has 0 fully saturated rings. The van der Waals surface area contributed by atoms with Gasteiger partial charge < -0.3 is 10.5 Å². The highest BCUT2D eigenvalue weighted by Crippen LogP contribution is 2.25. The molecule has 2 N–H and O–H groups in total. The van der Waals surface area contributed by atoms with Crippen LogP contribution in [-0.2, 0) is 0 Å². The van der Waals surface area contributed by atoms with Crippen LogP contribution in [0.1, 0.15) is 44.2 Å². The summed E-state index contributed by atoms with van der Waals surface area (Å²) in [6.45, 7) is 2.21. The van der Waals surface area contributed by atoms with E-state index in [4.69, 9.17) is 10.5 Å². The summed E-state index contributed by atoms with van der Waals surface area (Å²) in [6, 6.07) is 18.0. The van der Waals surface area contributed by atoms with Crippen molar-refractivity contribution in [2.45, 2.75) is 38.6 Å². The molecular formula is C18H23NO. The van der Waals surface area contributed by atoms with Crippen LogP contribution >= 0.6 is 0 Å². The molecule has 0 amide bonds. The summed E-state index contributed by atoms with van der Waals surface area (Å²) >= 11 is 0. The van der Waals surface area contributed by atoms with Crippen molar-refractivity contribution in [2.75, 3.05) is 0 Å². The summed E-state index contributed by atoms with van der Waals surface area (Å²) in [5.74, 6) is 1.70. The summed E-state index contributed by atoms with van der Waals surface area (Å²) < 4.78 is 5.84. The van der Waals surface area contributed by atoms with Gasteiger partial charge in [-0.3, -0.25) is 0 Å². The summed E-state index contributed by atoms with van der Waals surface area (Å²) in [7, 11) is 0. The zero-order valence-corrected chi connectivity index (χ0v) is 12.1. The van der Waals surface area contributed by atoms with Gasteiger partial charge in [-0.1, -0.05) is 56.5 Å². The first-order valence-corrected chi connectivity index (χ1v) is 7.38. The van der Waals surface area contributed by atoms with Crippen LogP contribution in [0.25, 0.3) is 0 Å². The van der Waals surface area contributed by atoms with Crippen molar-refractivity contribution in [2.24, 2.45) is 5.73 Å². The first-order chi connectivity index (χ1) is 9.79. The van der Waals surface area contributed by atoms with Crippen LogP contribution in [0.15, 0.2) is 54.6 Å². The molecule has 0 saturated heterocycles. The van der Waals surface area contributed by atoms with Gasteiger partial charge in [-0.15, -0.1) is 0 Å². The molecule has 2 rings (SSSR count). The summed E-state index contributed by atoms with van der Waals surface area (Å²) in [5, 5.41) is 0. The smallest absolute Gasteiger partial charge is 0.127 e. The lowest BCUT2D eigenvalue weighted by molar-refractivity contribution is 0.480. The normalized spacial score (nSPS) is 12.1. The molecule has 0 aliphatic carbocycles. The second-order valence-electron chi connectivity index (χ2n) is 5.09. The monoisotopic (exact) mass is 269 g/mol. The highest BCUT2D eigenvalue weighted by atomic mass is 16.5. The number of unbranched alkanes of at least 4 members (excludes halogenated alkanes) is 2. The van der Waals surface area contributed by atoms with Crippen LogP contribution in [0, 0.1) is 0 Å². The highest BCUT2D eigenvalue weighted by molar-refractivity contribution is 5.34. The maximum atomic E-state index is 6.24. The molecule has 0 bridgehead atoms. The van der Waals surface area contributed by atoms with Gasteiger partial charge >= 0.3 is 0 Å². The predicted octanol–water partition coefficient (Wildman–Crippen LogP) is 5.06. The fourth-order valence-electron chi connectivity index (χ4n) is 2.21. The van der Waals surface area contributed by atoms with Gasteiger partial charge in [0.15, 0.2) is 0 Å². The summed E-state index contributed by atoms with van der Waals surface area (Å²) in [6.07, 6.45) is 4.68. The van der Waals surface area contributed by atoms with E-state index in [2.05, 4.69) is 13.0 Å². The van der Waals surface area contributed by atoms with E-state index in [1.807, 2.05) is 48.5 Å². The third-order valence-electron chi connectivity index (χ3n) is 3.38. The first-order valence-electron chi connectivity index (χ1n) is 7.38. The Morgan fingerprint density at radius 2 is 1.70 bits per heavy atom. The van der Waals surface area contributed by atoms with Gasteiger partial charge in [-0.2, -0.15) is 0 Å². The number of rotatable bonds is 7. The number of ether oxygens (including phenoxy) is 1. The predicted molar refractivity (Wildman–Crippen MR) is 84.0 cm³/mol. The number of para-hydroxylation sites is 1. The third-order valence-corrected chi connectivity index (χ3v) is 3.38. The van der Waals surface area contributed by atoms with Gasteiger partial charge in [0.2, 0.25) is 0 Å². The lowest BCUT2D eigenvalue weighted by Crippen LogP contribution is -2.10. The Morgan fingerprint density at radius 1 is 0.950 bits per heavy atom. The molecule has 0 aliphatic heterocycles. The minimum atomic E-state index is 0.0980. The number of hydrogen-bond acceptors (Lipinski definition) is 2. The maximum Gasteiger partial charge on any atom is 0.127 e. The zero-order chi connectivity index (χ0) is 14.2. The second-order valence-corrected chi connectivity index (χ2v) is 5.09. The van der Waals surface area contributed by atoms with Crippen molar-refractivity contribution >= 4 is 0 Å². The van der Waals surface area contributed by atoms with Gasteiger partial charge in [0.05, 0.1) is 0 Å². The summed E-state index contributed by atoms with van der Waals surface area (Å²) in [5.41, 5.74) is 7.39. The minimum Gasteiger partial charge on any atom is -0.457 e. The van der Waals surface area contributed by atoms with Crippen molar-refractivity contribution in [3.63, 3.8) is 0 Å². The van der Waals surface area contributed by atoms with Crippen LogP contribution in [0.4, 0.5) is 0 Å². The molecule has 0 aliphatic rings. The Morgan fingerprint density at radius 3 is 2.45 bits per heavy atom. The van der Waals surface area contributed by atoms with E-state index in [9.17, 15) is 0 Å². The number of benzene rings is 2. The molecule has 0 aromatic heterocycles. The summed E-state index contributed by atoms with van der Waals surface area (Å²) in [4.78, 5) is 0. The topological polar surface area (TPSA) is 35.2 Å². The Bertz CT molecular complexity index is 510. The Hall–Kier alpha value is -1.80. The van der Waals surface area contributed by atoms with Crippen molar-refractivity contribution in [3.8, 4) is 11.5 Å². The fraction of sp³-hybridized carbons (Fsp3) is 0.333. The van der Waals surface area contributed by atoms with Gasteiger partial charge in [0, 0.05) is 6.04 Å². The van der Waals surface area contributed by atoms with E-state index in [0.717, 1.165) is 23.5 Å². The minimum absolute atomic E-state index is 0.0980. The molecule has 0 saturated carbocycles. The molecule has 20 heavy (non-hydrogen) atoms.